The molecule has 2 rings (SSSR count). The van der Waals surface area contributed by atoms with Crippen LogP contribution in [-0.4, -0.2) is 12.7 Å². The van der Waals surface area contributed by atoms with Gasteiger partial charge in [-0.05, 0) is 18.8 Å². The van der Waals surface area contributed by atoms with Gasteiger partial charge in [-0.15, -0.1) is 0 Å². The lowest BCUT2D eigenvalue weighted by Crippen LogP contribution is -1.82. The molecule has 0 spiro atoms. The lowest BCUT2D eigenvalue weighted by molar-refractivity contribution is 0.387. The van der Waals surface area contributed by atoms with Gasteiger partial charge < -0.3 is 4.74 Å². The summed E-state index contributed by atoms with van der Waals surface area (Å²) in [6.45, 7) is 1.06. The van der Waals surface area contributed by atoms with Crippen molar-refractivity contribution in [3.05, 3.63) is 0 Å². The van der Waals surface area contributed by atoms with Crippen LogP contribution in [0.1, 0.15) is 12.8 Å². The molecule has 0 N–H and O–H groups in total. The van der Waals surface area contributed by atoms with E-state index in [0.29, 0.717) is 6.10 Å². The highest BCUT2D eigenvalue weighted by Gasteiger charge is 2.39. The van der Waals surface area contributed by atoms with Gasteiger partial charge >= 0.3 is 0 Å². The molecule has 1 atom stereocenters. The van der Waals surface area contributed by atoms with Crippen molar-refractivity contribution >= 4 is 0 Å². The molecule has 1 saturated carbocycles. The van der Waals surface area contributed by atoms with Crippen LogP contribution >= 0.6 is 0 Å². The summed E-state index contributed by atoms with van der Waals surface area (Å²) in [5, 5.41) is 0. The Balaban J connectivity index is 1.92. The Kier molecular flexibility index (Phi) is 0.396. The topological polar surface area (TPSA) is 12.5 Å². The van der Waals surface area contributed by atoms with E-state index in [1.54, 1.807) is 0 Å². The summed E-state index contributed by atoms with van der Waals surface area (Å²) in [7, 11) is 0. The van der Waals surface area contributed by atoms with Crippen LogP contribution in [0.25, 0.3) is 0 Å². The van der Waals surface area contributed by atoms with Crippen LogP contribution in [0.5, 0.6) is 0 Å². The van der Waals surface area contributed by atoms with Gasteiger partial charge in [0.05, 0.1) is 12.7 Å². The van der Waals surface area contributed by atoms with Gasteiger partial charge in [-0.1, -0.05) is 0 Å². The van der Waals surface area contributed by atoms with Crippen molar-refractivity contribution in [2.45, 2.75) is 18.9 Å². The molecule has 0 aromatic rings. The van der Waals surface area contributed by atoms with Crippen LogP contribution < -0.4 is 0 Å². The molecule has 0 amide bonds. The highest BCUT2D eigenvalue weighted by Crippen LogP contribution is 2.39. The smallest absolute Gasteiger partial charge is 0.0838 e. The minimum absolute atomic E-state index is 0.713. The Morgan fingerprint density at radius 3 is 2.17 bits per heavy atom. The average Bonchev–Trinajstić information content (AvgIpc) is 2.26. The van der Waals surface area contributed by atoms with Crippen LogP contribution in [0.2, 0.25) is 0 Å². The van der Waals surface area contributed by atoms with E-state index in [1.807, 2.05) is 0 Å². The summed E-state index contributed by atoms with van der Waals surface area (Å²) in [5.74, 6) is 0.991. The minimum Gasteiger partial charge on any atom is -0.373 e. The molecule has 2 aliphatic rings. The van der Waals surface area contributed by atoms with E-state index in [9.17, 15) is 0 Å². The van der Waals surface area contributed by atoms with E-state index in [-0.39, 0.29) is 0 Å². The highest BCUT2D eigenvalue weighted by molar-refractivity contribution is 4.88. The molecule has 0 aromatic carbocycles. The maximum Gasteiger partial charge on any atom is 0.0838 e. The Morgan fingerprint density at radius 1 is 1.33 bits per heavy atom. The lowest BCUT2D eigenvalue weighted by Gasteiger charge is -1.74. The fraction of sp³-hybridized carbons (Fsp3) is 1.00. The van der Waals surface area contributed by atoms with Crippen molar-refractivity contribution in [2.75, 3.05) is 6.61 Å². The number of rotatable bonds is 1. The summed E-state index contributed by atoms with van der Waals surface area (Å²) in [4.78, 5) is 0. The largest absolute Gasteiger partial charge is 0.373 e. The van der Waals surface area contributed by atoms with Crippen LogP contribution in [0.15, 0.2) is 0 Å². The Bertz CT molecular complexity index is 52.3. The summed E-state index contributed by atoms with van der Waals surface area (Å²) >= 11 is 0. The van der Waals surface area contributed by atoms with Gasteiger partial charge in [-0.3, -0.25) is 0 Å². The highest BCUT2D eigenvalue weighted by atomic mass is 16.6. The van der Waals surface area contributed by atoms with Gasteiger partial charge in [0, 0.05) is 0 Å². The molecule has 1 nitrogen and oxygen atoms in total. The van der Waals surface area contributed by atoms with Crippen LogP contribution in [0, 0.1) is 5.92 Å². The molecule has 1 saturated heterocycles. The maximum absolute atomic E-state index is 5.03. The predicted molar refractivity (Wildman–Crippen MR) is 22.5 cm³/mol. The predicted octanol–water partition coefficient (Wildman–Crippen LogP) is 0.795. The molecule has 6 heavy (non-hydrogen) atoms. The van der Waals surface area contributed by atoms with Crippen molar-refractivity contribution in [3.63, 3.8) is 0 Å². The number of ether oxygens (including phenoxy) is 1. The quantitative estimate of drug-likeness (QED) is 0.428. The second-order valence-electron chi connectivity index (χ2n) is 2.21. The van der Waals surface area contributed by atoms with Crippen molar-refractivity contribution < 1.29 is 4.74 Å². The van der Waals surface area contributed by atoms with Crippen molar-refractivity contribution in [1.29, 1.82) is 0 Å². The Morgan fingerprint density at radius 2 is 2.00 bits per heavy atom. The van der Waals surface area contributed by atoms with Gasteiger partial charge in [-0.2, -0.15) is 0 Å². The molecule has 1 aliphatic heterocycles. The number of hydrogen-bond donors (Lipinski definition) is 0. The summed E-state index contributed by atoms with van der Waals surface area (Å²) in [6, 6.07) is 0. The normalized spacial score (nSPS) is 43.0. The lowest BCUT2D eigenvalue weighted by atomic mass is 10.3. The molecule has 1 heteroatoms. The maximum atomic E-state index is 5.03. The van der Waals surface area contributed by atoms with Crippen molar-refractivity contribution in [1.82, 2.24) is 0 Å². The van der Waals surface area contributed by atoms with Gasteiger partial charge in [0.1, 0.15) is 0 Å². The fourth-order valence-electron chi connectivity index (χ4n) is 0.796. The third-order valence-electron chi connectivity index (χ3n) is 1.51. The number of hydrogen-bond acceptors (Lipinski definition) is 1. The molecule has 1 heterocycles. The first-order chi connectivity index (χ1) is 2.97. The number of epoxide rings is 1. The molecule has 34 valence electrons. The first kappa shape index (κ1) is 3.03. The Hall–Kier alpha value is -0.0400. The van der Waals surface area contributed by atoms with Crippen LogP contribution in [-0.2, 0) is 4.74 Å². The molecular formula is C5H8O. The molecule has 0 aromatic heterocycles. The first-order valence-electron chi connectivity index (χ1n) is 2.58. The molecule has 2 fully saturated rings. The first-order valence-corrected chi connectivity index (χ1v) is 2.58. The molecular weight excluding hydrogens is 76.1 g/mol. The standard InChI is InChI=1S/C5H8O/c1-2-4(1)5-3-6-5/h4-5H,1-3H2/t5-/m1/s1. The monoisotopic (exact) mass is 84.1 g/mol. The van der Waals surface area contributed by atoms with Gasteiger partial charge in [0.15, 0.2) is 0 Å². The van der Waals surface area contributed by atoms with E-state index in [2.05, 4.69) is 0 Å². The summed E-state index contributed by atoms with van der Waals surface area (Å²) in [6.07, 6.45) is 3.58. The minimum atomic E-state index is 0.713. The van der Waals surface area contributed by atoms with Crippen LogP contribution in [0.3, 0.4) is 0 Å². The molecule has 1 aliphatic carbocycles. The zero-order chi connectivity index (χ0) is 3.98. The van der Waals surface area contributed by atoms with E-state index in [1.165, 1.54) is 12.8 Å². The van der Waals surface area contributed by atoms with Crippen LogP contribution in [0.4, 0.5) is 0 Å². The van der Waals surface area contributed by atoms with Gasteiger partial charge in [0.2, 0.25) is 0 Å². The zero-order valence-corrected chi connectivity index (χ0v) is 3.68. The third kappa shape index (κ3) is 0.350. The third-order valence-corrected chi connectivity index (χ3v) is 1.51. The second-order valence-corrected chi connectivity index (χ2v) is 2.21. The van der Waals surface area contributed by atoms with Gasteiger partial charge in [0.25, 0.3) is 0 Å². The summed E-state index contributed by atoms with van der Waals surface area (Å²) < 4.78 is 5.03. The van der Waals surface area contributed by atoms with E-state index >= 15 is 0 Å². The molecule has 0 bridgehead atoms. The second kappa shape index (κ2) is 0.784. The van der Waals surface area contributed by atoms with Crippen molar-refractivity contribution in [2.24, 2.45) is 5.92 Å². The summed E-state index contributed by atoms with van der Waals surface area (Å²) in [5.41, 5.74) is 0. The Labute approximate surface area is 37.3 Å². The fourth-order valence-corrected chi connectivity index (χ4v) is 0.796. The molecule has 0 radical (unpaired) electrons. The van der Waals surface area contributed by atoms with Crippen molar-refractivity contribution in [3.8, 4) is 0 Å². The molecule has 0 unspecified atom stereocenters. The van der Waals surface area contributed by atoms with Gasteiger partial charge in [-0.25, -0.2) is 0 Å². The van der Waals surface area contributed by atoms with E-state index in [4.69, 9.17) is 4.74 Å². The average molecular weight is 84.1 g/mol. The van der Waals surface area contributed by atoms with E-state index in [0.717, 1.165) is 12.5 Å². The zero-order valence-electron chi connectivity index (χ0n) is 3.68. The van der Waals surface area contributed by atoms with E-state index < -0.39 is 0 Å². The SMILES string of the molecule is C1CC1[C@H]1CO1.